The largest absolute Gasteiger partial charge is 0.384 e. The van der Waals surface area contributed by atoms with Crippen molar-refractivity contribution in [2.45, 2.75) is 6.54 Å². The molecule has 0 aliphatic carbocycles. The molecule has 20 heavy (non-hydrogen) atoms. The number of carbonyl (C=O) groups is 1. The number of hydrogen-bond donors (Lipinski definition) is 2. The SMILES string of the molecule is Cn1cc(Cl)cc1C(=O)NCc1ccc(C#CCO)s1. The minimum absolute atomic E-state index is 0.155. The summed E-state index contributed by atoms with van der Waals surface area (Å²) in [4.78, 5) is 13.9. The van der Waals surface area contributed by atoms with Crippen molar-refractivity contribution in [3.05, 3.63) is 44.9 Å². The lowest BCUT2D eigenvalue weighted by Gasteiger charge is -2.04. The maximum absolute atomic E-state index is 12.0. The van der Waals surface area contributed by atoms with E-state index < -0.39 is 0 Å². The van der Waals surface area contributed by atoms with Gasteiger partial charge >= 0.3 is 0 Å². The summed E-state index contributed by atoms with van der Waals surface area (Å²) in [5, 5.41) is 12.0. The smallest absolute Gasteiger partial charge is 0.268 e. The predicted octanol–water partition coefficient (Wildman–Crippen LogP) is 2.01. The molecule has 6 heteroatoms. The van der Waals surface area contributed by atoms with Crippen LogP contribution in [-0.2, 0) is 13.6 Å². The lowest BCUT2D eigenvalue weighted by molar-refractivity contribution is 0.0943. The monoisotopic (exact) mass is 308 g/mol. The molecule has 1 amide bonds. The average molecular weight is 309 g/mol. The van der Waals surface area contributed by atoms with E-state index in [1.165, 1.54) is 11.3 Å². The third-order valence-electron chi connectivity index (χ3n) is 2.58. The number of carbonyl (C=O) groups excluding carboxylic acids is 1. The molecule has 0 fully saturated rings. The van der Waals surface area contributed by atoms with Crippen LogP contribution < -0.4 is 5.32 Å². The van der Waals surface area contributed by atoms with Gasteiger partial charge in [-0.25, -0.2) is 0 Å². The van der Waals surface area contributed by atoms with Gasteiger partial charge in [0.25, 0.3) is 5.91 Å². The molecule has 2 aromatic heterocycles. The highest BCUT2D eigenvalue weighted by atomic mass is 35.5. The Morgan fingerprint density at radius 1 is 1.55 bits per heavy atom. The summed E-state index contributed by atoms with van der Waals surface area (Å²) in [5.41, 5.74) is 0.520. The van der Waals surface area contributed by atoms with Crippen LogP contribution in [-0.4, -0.2) is 22.2 Å². The summed E-state index contributed by atoms with van der Waals surface area (Å²) in [6.07, 6.45) is 1.68. The van der Waals surface area contributed by atoms with Crippen LogP contribution >= 0.6 is 22.9 Å². The quantitative estimate of drug-likeness (QED) is 0.852. The lowest BCUT2D eigenvalue weighted by Crippen LogP contribution is -2.24. The summed E-state index contributed by atoms with van der Waals surface area (Å²) in [5.74, 6) is 5.25. The number of rotatable bonds is 3. The van der Waals surface area contributed by atoms with Crippen molar-refractivity contribution >= 4 is 28.8 Å². The molecular formula is C14H13ClN2O2S. The van der Waals surface area contributed by atoms with E-state index in [0.717, 1.165) is 9.75 Å². The second kappa shape index (κ2) is 6.62. The Balaban J connectivity index is 1.96. The number of aliphatic hydroxyl groups is 1. The number of halogens is 1. The van der Waals surface area contributed by atoms with Gasteiger partial charge in [-0.1, -0.05) is 23.4 Å². The van der Waals surface area contributed by atoms with Crippen LogP contribution in [0.3, 0.4) is 0 Å². The molecule has 0 bridgehead atoms. The Bertz CT molecular complexity index is 679. The Kier molecular flexibility index (Phi) is 4.85. The van der Waals surface area contributed by atoms with Gasteiger partial charge < -0.3 is 15.0 Å². The number of nitrogens with one attached hydrogen (secondary N) is 1. The van der Waals surface area contributed by atoms with Crippen LogP contribution in [0.2, 0.25) is 5.02 Å². The van der Waals surface area contributed by atoms with Gasteiger partial charge in [0.1, 0.15) is 12.3 Å². The molecule has 0 aliphatic heterocycles. The van der Waals surface area contributed by atoms with Crippen LogP contribution in [0.1, 0.15) is 20.2 Å². The van der Waals surface area contributed by atoms with E-state index in [1.54, 1.807) is 23.9 Å². The third-order valence-corrected chi connectivity index (χ3v) is 3.79. The van der Waals surface area contributed by atoms with Gasteiger partial charge in [0.2, 0.25) is 0 Å². The van der Waals surface area contributed by atoms with Crippen molar-refractivity contribution in [1.29, 1.82) is 0 Å². The van der Waals surface area contributed by atoms with E-state index in [9.17, 15) is 4.79 Å². The molecule has 0 unspecified atom stereocenters. The van der Waals surface area contributed by atoms with Gasteiger partial charge in [0.15, 0.2) is 0 Å². The van der Waals surface area contributed by atoms with E-state index >= 15 is 0 Å². The lowest BCUT2D eigenvalue weighted by atomic mass is 10.3. The molecule has 104 valence electrons. The zero-order valence-electron chi connectivity index (χ0n) is 10.8. The number of amides is 1. The predicted molar refractivity (Wildman–Crippen MR) is 79.9 cm³/mol. The van der Waals surface area contributed by atoms with Crippen molar-refractivity contribution < 1.29 is 9.90 Å². The molecule has 0 aromatic carbocycles. The van der Waals surface area contributed by atoms with Gasteiger partial charge in [-0.3, -0.25) is 4.79 Å². The first kappa shape index (κ1) is 14.7. The van der Waals surface area contributed by atoms with E-state index in [0.29, 0.717) is 17.3 Å². The molecule has 2 rings (SSSR count). The highest BCUT2D eigenvalue weighted by Crippen LogP contribution is 2.16. The highest BCUT2D eigenvalue weighted by molar-refractivity contribution is 7.12. The average Bonchev–Trinajstić information content (AvgIpc) is 3.00. The molecule has 2 aromatic rings. The Morgan fingerprint density at radius 2 is 2.35 bits per heavy atom. The Morgan fingerprint density at radius 3 is 3.00 bits per heavy atom. The number of nitrogens with zero attached hydrogens (tertiary/aromatic N) is 1. The number of aromatic nitrogens is 1. The molecule has 0 saturated heterocycles. The van der Waals surface area contributed by atoms with Crippen molar-refractivity contribution in [2.24, 2.45) is 7.05 Å². The Labute approximate surface area is 126 Å². The van der Waals surface area contributed by atoms with E-state index in [1.807, 2.05) is 12.1 Å². The van der Waals surface area contributed by atoms with E-state index in [2.05, 4.69) is 17.2 Å². The first-order valence-corrected chi connectivity index (χ1v) is 7.08. The van der Waals surface area contributed by atoms with E-state index in [-0.39, 0.29) is 12.5 Å². The minimum atomic E-state index is -0.171. The van der Waals surface area contributed by atoms with Crippen molar-refractivity contribution in [3.63, 3.8) is 0 Å². The van der Waals surface area contributed by atoms with Crippen LogP contribution in [0.4, 0.5) is 0 Å². The van der Waals surface area contributed by atoms with Crippen LogP contribution in [0.15, 0.2) is 24.4 Å². The maximum Gasteiger partial charge on any atom is 0.268 e. The Hall–Kier alpha value is -1.74. The summed E-state index contributed by atoms with van der Waals surface area (Å²) in [7, 11) is 1.77. The number of thiophene rings is 1. The van der Waals surface area contributed by atoms with Gasteiger partial charge in [-0.2, -0.15) is 0 Å². The van der Waals surface area contributed by atoms with Crippen molar-refractivity contribution in [1.82, 2.24) is 9.88 Å². The molecule has 0 radical (unpaired) electrons. The molecule has 0 aliphatic rings. The minimum Gasteiger partial charge on any atom is -0.384 e. The molecular weight excluding hydrogens is 296 g/mol. The van der Waals surface area contributed by atoms with Gasteiger partial charge in [0.05, 0.1) is 16.4 Å². The topological polar surface area (TPSA) is 54.3 Å². The van der Waals surface area contributed by atoms with Crippen LogP contribution in [0, 0.1) is 11.8 Å². The van der Waals surface area contributed by atoms with Gasteiger partial charge in [0, 0.05) is 18.1 Å². The van der Waals surface area contributed by atoms with Gasteiger partial charge in [-0.15, -0.1) is 11.3 Å². The number of aryl methyl sites for hydroxylation is 1. The first-order valence-electron chi connectivity index (χ1n) is 5.88. The van der Waals surface area contributed by atoms with Crippen LogP contribution in [0.5, 0.6) is 0 Å². The summed E-state index contributed by atoms with van der Waals surface area (Å²) < 4.78 is 1.68. The zero-order chi connectivity index (χ0) is 14.5. The summed E-state index contributed by atoms with van der Waals surface area (Å²) in [6, 6.07) is 5.40. The molecule has 0 spiro atoms. The normalized spacial score (nSPS) is 9.95. The summed E-state index contributed by atoms with van der Waals surface area (Å²) in [6.45, 7) is 0.283. The van der Waals surface area contributed by atoms with Crippen molar-refractivity contribution in [2.75, 3.05) is 6.61 Å². The molecule has 0 atom stereocenters. The van der Waals surface area contributed by atoms with Crippen molar-refractivity contribution in [3.8, 4) is 11.8 Å². The second-order valence-electron chi connectivity index (χ2n) is 4.06. The zero-order valence-corrected chi connectivity index (χ0v) is 12.4. The fourth-order valence-corrected chi connectivity index (χ4v) is 2.75. The fourth-order valence-electron chi connectivity index (χ4n) is 1.67. The molecule has 2 heterocycles. The van der Waals surface area contributed by atoms with Gasteiger partial charge in [-0.05, 0) is 18.2 Å². The number of hydrogen-bond acceptors (Lipinski definition) is 3. The third kappa shape index (κ3) is 3.64. The number of aliphatic hydroxyl groups excluding tert-OH is 1. The standard InChI is InChI=1S/C14H13ClN2O2S/c1-17-9-10(15)7-13(17)14(19)16-8-12-5-4-11(20-12)3-2-6-18/h4-5,7,9,18H,6,8H2,1H3,(H,16,19). The maximum atomic E-state index is 12.0. The van der Waals surface area contributed by atoms with E-state index in [4.69, 9.17) is 16.7 Å². The van der Waals surface area contributed by atoms with Crippen LogP contribution in [0.25, 0.3) is 0 Å². The molecule has 0 saturated carbocycles. The summed E-state index contributed by atoms with van der Waals surface area (Å²) >= 11 is 7.33. The molecule has 2 N–H and O–H groups in total. The highest BCUT2D eigenvalue weighted by Gasteiger charge is 2.11. The fraction of sp³-hybridized carbons (Fsp3) is 0.214. The molecule has 4 nitrogen and oxygen atoms in total. The first-order chi connectivity index (χ1) is 9.60. The second-order valence-corrected chi connectivity index (χ2v) is 5.67.